The van der Waals surface area contributed by atoms with Crippen molar-refractivity contribution >= 4 is 45.2 Å². The molecule has 0 radical (unpaired) electrons. The van der Waals surface area contributed by atoms with Gasteiger partial charge in [-0.2, -0.15) is 0 Å². The highest BCUT2D eigenvalue weighted by Crippen LogP contribution is 2.30. The molecule has 1 aromatic carbocycles. The minimum Gasteiger partial charge on any atom is -0.463 e. The molecule has 1 atom stereocenters. The predicted octanol–water partition coefficient (Wildman–Crippen LogP) is 3.20. The minimum absolute atomic E-state index is 0.0130. The van der Waals surface area contributed by atoms with E-state index in [1.54, 1.807) is 33.8 Å². The van der Waals surface area contributed by atoms with Crippen LogP contribution < -0.4 is 10.0 Å². The molecule has 0 bridgehead atoms. The fourth-order valence-electron chi connectivity index (χ4n) is 3.19. The fourth-order valence-corrected chi connectivity index (χ4v) is 5.11. The molecular formula is C22H29ClN2O7S. The Labute approximate surface area is 198 Å². The summed E-state index contributed by atoms with van der Waals surface area (Å²) in [6.07, 6.45) is 3.06. The van der Waals surface area contributed by atoms with Crippen molar-refractivity contribution in [2.75, 3.05) is 17.9 Å². The van der Waals surface area contributed by atoms with E-state index in [-0.39, 0.29) is 41.4 Å². The Balaban J connectivity index is 2.10. The highest BCUT2D eigenvalue weighted by molar-refractivity contribution is 7.93. The number of carbonyl (C=O) groups excluding carboxylic acids is 3. The van der Waals surface area contributed by atoms with E-state index in [1.807, 2.05) is 0 Å². The molecule has 1 unspecified atom stereocenters. The van der Waals surface area contributed by atoms with Crippen LogP contribution in [0.15, 0.2) is 29.8 Å². The molecule has 0 aromatic heterocycles. The molecule has 2 N–H and O–H groups in total. The quantitative estimate of drug-likeness (QED) is 0.524. The van der Waals surface area contributed by atoms with Crippen molar-refractivity contribution in [3.05, 3.63) is 40.4 Å². The largest absolute Gasteiger partial charge is 0.463 e. The number of anilines is 1. The van der Waals surface area contributed by atoms with Gasteiger partial charge in [0.25, 0.3) is 5.91 Å². The lowest BCUT2D eigenvalue weighted by molar-refractivity contribution is -0.153. The van der Waals surface area contributed by atoms with Gasteiger partial charge in [-0.1, -0.05) is 17.7 Å². The van der Waals surface area contributed by atoms with Crippen LogP contribution >= 0.6 is 11.6 Å². The highest BCUT2D eigenvalue weighted by atomic mass is 35.5. The Morgan fingerprint density at radius 1 is 1.21 bits per heavy atom. The lowest BCUT2D eigenvalue weighted by Gasteiger charge is -2.24. The monoisotopic (exact) mass is 500 g/mol. The van der Waals surface area contributed by atoms with Gasteiger partial charge in [-0.3, -0.25) is 14.3 Å². The first-order valence-corrected chi connectivity index (χ1v) is 12.4. The molecule has 0 aliphatic heterocycles. The number of hydrogen-bond donors (Lipinski definition) is 2. The number of carbonyl (C=O) groups is 3. The standard InChI is InChI=1S/C22H29ClN2O7S/c1-5-31-21(28)15-8-6-7-9-18(15)33(29,30)25-17-11-10-14(12-16(17)23)20(27)24-13-19(26)32-22(2,3)4/h8,10-12,18,25H,5-7,9,13H2,1-4H3,(H,24,27). The predicted molar refractivity (Wildman–Crippen MR) is 125 cm³/mol. The van der Waals surface area contributed by atoms with E-state index in [9.17, 15) is 22.8 Å². The lowest BCUT2D eigenvalue weighted by atomic mass is 9.99. The van der Waals surface area contributed by atoms with Gasteiger partial charge in [-0.05, 0) is 65.2 Å². The summed E-state index contributed by atoms with van der Waals surface area (Å²) in [5.74, 6) is -1.82. The maximum Gasteiger partial charge on any atom is 0.335 e. The lowest BCUT2D eigenvalue weighted by Crippen LogP contribution is -2.35. The van der Waals surface area contributed by atoms with Gasteiger partial charge in [0.15, 0.2) is 0 Å². The van der Waals surface area contributed by atoms with Gasteiger partial charge < -0.3 is 14.8 Å². The Hall–Kier alpha value is -2.59. The first-order chi connectivity index (χ1) is 15.3. The van der Waals surface area contributed by atoms with Crippen LogP contribution in [0.3, 0.4) is 0 Å². The number of allylic oxidation sites excluding steroid dienone is 1. The molecule has 0 spiro atoms. The number of hydrogen-bond acceptors (Lipinski definition) is 7. The van der Waals surface area contributed by atoms with Crippen molar-refractivity contribution in [3.63, 3.8) is 0 Å². The summed E-state index contributed by atoms with van der Waals surface area (Å²) in [4.78, 5) is 36.3. The summed E-state index contributed by atoms with van der Waals surface area (Å²) in [7, 11) is -4.01. The van der Waals surface area contributed by atoms with E-state index in [4.69, 9.17) is 21.1 Å². The van der Waals surface area contributed by atoms with E-state index in [2.05, 4.69) is 10.0 Å². The third-order valence-corrected chi connectivity index (χ3v) is 6.62. The topological polar surface area (TPSA) is 128 Å². The number of amides is 1. The van der Waals surface area contributed by atoms with E-state index in [1.165, 1.54) is 18.2 Å². The van der Waals surface area contributed by atoms with Crippen molar-refractivity contribution in [2.24, 2.45) is 0 Å². The number of sulfonamides is 1. The average Bonchev–Trinajstić information content (AvgIpc) is 2.72. The van der Waals surface area contributed by atoms with Crippen molar-refractivity contribution in [2.45, 2.75) is 57.8 Å². The van der Waals surface area contributed by atoms with E-state index in [0.29, 0.717) is 12.8 Å². The third kappa shape index (κ3) is 7.75. The molecule has 11 heteroatoms. The third-order valence-electron chi connectivity index (χ3n) is 4.56. The van der Waals surface area contributed by atoms with Gasteiger partial charge in [-0.25, -0.2) is 13.2 Å². The van der Waals surface area contributed by atoms with Crippen LogP contribution in [-0.2, 0) is 29.1 Å². The van der Waals surface area contributed by atoms with Crippen LogP contribution in [0.5, 0.6) is 0 Å². The zero-order valence-electron chi connectivity index (χ0n) is 19.1. The first-order valence-electron chi connectivity index (χ1n) is 10.5. The summed E-state index contributed by atoms with van der Waals surface area (Å²) >= 11 is 6.21. The van der Waals surface area contributed by atoms with Crippen molar-refractivity contribution in [1.29, 1.82) is 0 Å². The van der Waals surface area contributed by atoms with Gasteiger partial charge in [0.2, 0.25) is 10.0 Å². The molecule has 1 aromatic rings. The molecule has 0 saturated carbocycles. The summed E-state index contributed by atoms with van der Waals surface area (Å²) < 4.78 is 38.5. The molecule has 1 amide bonds. The fraction of sp³-hybridized carbons (Fsp3) is 0.500. The van der Waals surface area contributed by atoms with Crippen molar-refractivity contribution in [3.8, 4) is 0 Å². The maximum atomic E-state index is 13.0. The first kappa shape index (κ1) is 26.7. The van der Waals surface area contributed by atoms with Gasteiger partial charge in [0.1, 0.15) is 17.4 Å². The smallest absolute Gasteiger partial charge is 0.335 e. The molecule has 1 aliphatic carbocycles. The van der Waals surface area contributed by atoms with Gasteiger partial charge in [0, 0.05) is 5.56 Å². The normalized spacial score (nSPS) is 16.4. The Kier molecular flexibility index (Phi) is 8.90. The molecule has 182 valence electrons. The number of nitrogens with one attached hydrogen (secondary N) is 2. The van der Waals surface area contributed by atoms with Gasteiger partial charge in [-0.15, -0.1) is 0 Å². The summed E-state index contributed by atoms with van der Waals surface area (Å²) in [5, 5.41) is 1.34. The molecule has 0 fully saturated rings. The van der Waals surface area contributed by atoms with E-state index < -0.39 is 38.7 Å². The number of esters is 2. The van der Waals surface area contributed by atoms with Gasteiger partial charge >= 0.3 is 11.9 Å². The summed E-state index contributed by atoms with van der Waals surface area (Å²) in [6.45, 7) is 6.60. The maximum absolute atomic E-state index is 13.0. The van der Waals surface area contributed by atoms with E-state index >= 15 is 0 Å². The summed E-state index contributed by atoms with van der Waals surface area (Å²) in [5.41, 5.74) is -0.375. The highest BCUT2D eigenvalue weighted by Gasteiger charge is 2.35. The number of ether oxygens (including phenoxy) is 2. The molecule has 2 rings (SSSR count). The number of rotatable bonds is 8. The Morgan fingerprint density at radius 2 is 1.91 bits per heavy atom. The van der Waals surface area contributed by atoms with Gasteiger partial charge in [0.05, 0.1) is 22.9 Å². The summed E-state index contributed by atoms with van der Waals surface area (Å²) in [6, 6.07) is 4.00. The number of benzene rings is 1. The minimum atomic E-state index is -4.01. The second-order valence-electron chi connectivity index (χ2n) is 8.41. The SMILES string of the molecule is CCOC(=O)C1=CCCCC1S(=O)(=O)Nc1ccc(C(=O)NCC(=O)OC(C)(C)C)cc1Cl. The molecule has 33 heavy (non-hydrogen) atoms. The Bertz CT molecular complexity index is 1050. The van der Waals surface area contributed by atoms with Crippen LogP contribution in [-0.4, -0.2) is 50.3 Å². The molecule has 9 nitrogen and oxygen atoms in total. The second-order valence-corrected chi connectivity index (χ2v) is 10.7. The van der Waals surface area contributed by atoms with Crippen LogP contribution in [0.2, 0.25) is 5.02 Å². The zero-order valence-corrected chi connectivity index (χ0v) is 20.6. The van der Waals surface area contributed by atoms with Crippen LogP contribution in [0.1, 0.15) is 57.3 Å². The van der Waals surface area contributed by atoms with Crippen LogP contribution in [0.4, 0.5) is 5.69 Å². The van der Waals surface area contributed by atoms with Crippen molar-refractivity contribution < 1.29 is 32.3 Å². The molecule has 0 saturated heterocycles. The molecule has 0 heterocycles. The average molecular weight is 501 g/mol. The second kappa shape index (κ2) is 11.0. The van der Waals surface area contributed by atoms with E-state index in [0.717, 1.165) is 0 Å². The van der Waals surface area contributed by atoms with Crippen molar-refractivity contribution in [1.82, 2.24) is 5.32 Å². The number of halogens is 1. The zero-order chi connectivity index (χ0) is 24.8. The Morgan fingerprint density at radius 3 is 2.52 bits per heavy atom. The molecular weight excluding hydrogens is 472 g/mol. The van der Waals surface area contributed by atoms with Crippen LogP contribution in [0.25, 0.3) is 0 Å². The molecule has 1 aliphatic rings. The van der Waals surface area contributed by atoms with Crippen LogP contribution in [0, 0.1) is 0 Å².